The summed E-state index contributed by atoms with van der Waals surface area (Å²) in [5, 5.41) is 32.0. The summed E-state index contributed by atoms with van der Waals surface area (Å²) in [7, 11) is 8.52. The minimum absolute atomic E-state index is 0.0976. The fourth-order valence-corrected chi connectivity index (χ4v) is 7.47. The Morgan fingerprint density at radius 2 is 1.24 bits per heavy atom. The normalized spacial score (nSPS) is 12.2. The summed E-state index contributed by atoms with van der Waals surface area (Å²) in [6, 6.07) is 17.8. The lowest BCUT2D eigenvalue weighted by atomic mass is 10.1. The van der Waals surface area contributed by atoms with Crippen LogP contribution in [-0.4, -0.2) is 106 Å². The Labute approximate surface area is 365 Å². The van der Waals surface area contributed by atoms with Gasteiger partial charge in [0.05, 0.1) is 92.5 Å². The number of hydrogen-bond donors (Lipinski definition) is 3. The van der Waals surface area contributed by atoms with Crippen LogP contribution in [-0.2, 0) is 56.7 Å². The van der Waals surface area contributed by atoms with E-state index < -0.39 is 0 Å². The van der Waals surface area contributed by atoms with Gasteiger partial charge in [-0.3, -0.25) is 38.4 Å². The fourth-order valence-electron chi connectivity index (χ4n) is 6.49. The first-order chi connectivity index (χ1) is 30.4. The lowest BCUT2D eigenvalue weighted by Crippen LogP contribution is -2.30. The molecule has 4 aromatic heterocycles. The molecule has 20 nitrogen and oxygen atoms in total. The van der Waals surface area contributed by atoms with Crippen molar-refractivity contribution in [3.05, 3.63) is 118 Å². The highest BCUT2D eigenvalue weighted by molar-refractivity contribution is 7.22. The maximum Gasteiger partial charge on any atom is 0.273 e. The lowest BCUT2D eigenvalue weighted by Gasteiger charge is -2.07. The molecule has 0 atom stereocenters. The smallest absolute Gasteiger partial charge is 0.273 e. The number of anilines is 1. The molecule has 0 bridgehead atoms. The van der Waals surface area contributed by atoms with E-state index in [0.717, 1.165) is 55.4 Å². The molecule has 324 valence electrons. The monoisotopic (exact) mass is 871 g/mol. The molecule has 3 aromatic carbocycles. The topological polar surface area (TPSA) is 236 Å². The van der Waals surface area contributed by atoms with Gasteiger partial charge in [-0.1, -0.05) is 45.2 Å². The third-order valence-electron chi connectivity index (χ3n) is 9.61. The van der Waals surface area contributed by atoms with Gasteiger partial charge in [0.1, 0.15) is 11.5 Å². The van der Waals surface area contributed by atoms with Crippen molar-refractivity contribution < 1.29 is 23.9 Å². The SMILES string of the molecule is COc1ccc2c(c1)C(CNC(=O)Cc1cn(C)nn1)=NC2.COc1ccc2c(c1)C(CNC(=O)c1cn(C)nn1)=NC2.Cc1ccc2nc(NC(=O)Cc3cn(C)nn3)sc2c1. The molecule has 0 saturated carbocycles. The van der Waals surface area contributed by atoms with Crippen molar-refractivity contribution in [3.8, 4) is 11.5 Å². The molecule has 21 heteroatoms. The summed E-state index contributed by atoms with van der Waals surface area (Å²) in [4.78, 5) is 49.1. The first-order valence-electron chi connectivity index (χ1n) is 19.6. The zero-order chi connectivity index (χ0) is 44.5. The van der Waals surface area contributed by atoms with Crippen molar-refractivity contribution in [2.45, 2.75) is 32.9 Å². The molecule has 0 spiro atoms. The van der Waals surface area contributed by atoms with Crippen molar-refractivity contribution in [2.24, 2.45) is 31.1 Å². The Bertz CT molecular complexity index is 2840. The summed E-state index contributed by atoms with van der Waals surface area (Å²) in [6.07, 6.45) is 5.44. The average Bonchev–Trinajstić information content (AvgIpc) is 4.15. The fraction of sp³-hybridized carbons (Fsp3) is 0.286. The lowest BCUT2D eigenvalue weighted by molar-refractivity contribution is -0.120. The molecule has 2 aliphatic heterocycles. The third-order valence-corrected chi connectivity index (χ3v) is 10.5. The van der Waals surface area contributed by atoms with E-state index >= 15 is 0 Å². The van der Waals surface area contributed by atoms with E-state index in [9.17, 15) is 14.4 Å². The van der Waals surface area contributed by atoms with Crippen molar-refractivity contribution in [2.75, 3.05) is 32.6 Å². The minimum Gasteiger partial charge on any atom is -0.497 e. The highest BCUT2D eigenvalue weighted by Crippen LogP contribution is 2.27. The zero-order valence-corrected chi connectivity index (χ0v) is 36.3. The molecule has 63 heavy (non-hydrogen) atoms. The van der Waals surface area contributed by atoms with Gasteiger partial charge in [-0.2, -0.15) is 0 Å². The van der Waals surface area contributed by atoms with Crippen LogP contribution in [0.25, 0.3) is 10.2 Å². The highest BCUT2D eigenvalue weighted by atomic mass is 32.1. The van der Waals surface area contributed by atoms with Crippen LogP contribution in [0.2, 0.25) is 0 Å². The summed E-state index contributed by atoms with van der Waals surface area (Å²) in [5.74, 6) is 1.07. The molecule has 0 radical (unpaired) electrons. The molecule has 2 aliphatic rings. The van der Waals surface area contributed by atoms with Crippen molar-refractivity contribution in [1.29, 1.82) is 0 Å². The predicted octanol–water partition coefficient (Wildman–Crippen LogP) is 2.96. The maximum atomic E-state index is 11.9. The van der Waals surface area contributed by atoms with Gasteiger partial charge in [-0.15, -0.1) is 15.3 Å². The quantitative estimate of drug-likeness (QED) is 0.161. The van der Waals surface area contributed by atoms with Crippen LogP contribution in [0.1, 0.15) is 49.7 Å². The number of aromatic nitrogens is 10. The van der Waals surface area contributed by atoms with E-state index in [1.54, 1.807) is 63.3 Å². The van der Waals surface area contributed by atoms with Gasteiger partial charge in [0, 0.05) is 44.7 Å². The number of benzene rings is 3. The Morgan fingerprint density at radius 1 is 0.683 bits per heavy atom. The maximum absolute atomic E-state index is 11.9. The van der Waals surface area contributed by atoms with Gasteiger partial charge < -0.3 is 25.4 Å². The predicted molar refractivity (Wildman–Crippen MR) is 235 cm³/mol. The second-order valence-corrected chi connectivity index (χ2v) is 15.5. The summed E-state index contributed by atoms with van der Waals surface area (Å²) in [5.41, 5.74) is 9.74. The van der Waals surface area contributed by atoms with E-state index in [-0.39, 0.29) is 30.6 Å². The summed E-state index contributed by atoms with van der Waals surface area (Å²) < 4.78 is 16.2. The number of aryl methyl sites for hydroxylation is 4. The van der Waals surface area contributed by atoms with Crippen LogP contribution in [0, 0.1) is 6.92 Å². The number of amides is 3. The minimum atomic E-state index is -0.262. The Balaban J connectivity index is 0.000000142. The van der Waals surface area contributed by atoms with Crippen LogP contribution in [0.15, 0.2) is 83.2 Å². The van der Waals surface area contributed by atoms with E-state index in [0.29, 0.717) is 48.4 Å². The Kier molecular flexibility index (Phi) is 13.6. The number of hydrogen-bond acceptors (Lipinski definition) is 15. The molecular formula is C42H45N15O5S. The number of thiazole rings is 1. The first kappa shape index (κ1) is 43.4. The van der Waals surface area contributed by atoms with Gasteiger partial charge in [-0.25, -0.2) is 4.98 Å². The number of nitrogens with one attached hydrogen (secondary N) is 3. The highest BCUT2D eigenvalue weighted by Gasteiger charge is 2.20. The largest absolute Gasteiger partial charge is 0.497 e. The van der Waals surface area contributed by atoms with Crippen molar-refractivity contribution in [1.82, 2.24) is 60.6 Å². The molecule has 0 aliphatic carbocycles. The number of carbonyl (C=O) groups excluding carboxylic acids is 3. The number of ether oxygens (including phenoxy) is 2. The molecule has 3 N–H and O–H groups in total. The van der Waals surface area contributed by atoms with Crippen LogP contribution in [0.5, 0.6) is 11.5 Å². The molecule has 0 fully saturated rings. The first-order valence-corrected chi connectivity index (χ1v) is 20.4. The van der Waals surface area contributed by atoms with Crippen molar-refractivity contribution >= 4 is 55.8 Å². The Hall–Kier alpha value is -7.68. The zero-order valence-electron chi connectivity index (χ0n) is 35.5. The number of rotatable bonds is 12. The van der Waals surface area contributed by atoms with E-state index in [1.807, 2.05) is 55.5 Å². The van der Waals surface area contributed by atoms with Crippen LogP contribution in [0.4, 0.5) is 5.13 Å². The van der Waals surface area contributed by atoms with Crippen LogP contribution in [0.3, 0.4) is 0 Å². The van der Waals surface area contributed by atoms with Gasteiger partial charge in [0.2, 0.25) is 11.8 Å². The van der Waals surface area contributed by atoms with Gasteiger partial charge in [-0.05, 0) is 60.0 Å². The number of carbonyl (C=O) groups is 3. The molecule has 0 saturated heterocycles. The van der Waals surface area contributed by atoms with Crippen LogP contribution < -0.4 is 25.4 Å². The number of methoxy groups -OCH3 is 2. The van der Waals surface area contributed by atoms with Crippen LogP contribution >= 0.6 is 11.3 Å². The molecule has 6 heterocycles. The number of fused-ring (bicyclic) bond motifs is 3. The van der Waals surface area contributed by atoms with E-state index in [2.05, 4.69) is 67.9 Å². The second kappa shape index (κ2) is 19.8. The molecule has 3 amide bonds. The molecule has 7 aromatic rings. The van der Waals surface area contributed by atoms with Crippen molar-refractivity contribution in [3.63, 3.8) is 0 Å². The Morgan fingerprint density at radius 3 is 1.78 bits per heavy atom. The summed E-state index contributed by atoms with van der Waals surface area (Å²) in [6.45, 7) is 4.07. The standard InChI is InChI=1S/C15H17N5O2.C14H15N5O2.C13H13N5OS/c1-20-9-11(18-19-20)5-15(21)17-8-14-13-6-12(22-2)4-3-10(13)7-16-14;1-19-8-13(17-18-19)14(20)16-7-12-11-5-10(21-2)4-3-9(11)6-15-12;1-8-3-4-10-11(5-8)20-13(14-10)15-12(19)6-9-7-18(2)17-16-9/h3-4,6,9H,5,7-8H2,1-2H3,(H,17,21);3-5,8H,6-7H2,1-2H3,(H,16,20);3-5,7H,6H2,1-2H3,(H,14,15,19). The number of nitrogens with zero attached hydrogens (tertiary/aromatic N) is 12. The van der Waals surface area contributed by atoms with E-state index in [4.69, 9.17) is 9.47 Å². The molecular weight excluding hydrogens is 827 g/mol. The third kappa shape index (κ3) is 11.4. The van der Waals surface area contributed by atoms with Gasteiger partial charge in [0.25, 0.3) is 5.91 Å². The van der Waals surface area contributed by atoms with E-state index in [1.165, 1.54) is 21.6 Å². The summed E-state index contributed by atoms with van der Waals surface area (Å²) >= 11 is 1.47. The van der Waals surface area contributed by atoms with Gasteiger partial charge >= 0.3 is 0 Å². The average molecular weight is 872 g/mol. The molecule has 9 rings (SSSR count). The van der Waals surface area contributed by atoms with Gasteiger partial charge in [0.15, 0.2) is 10.8 Å². The second-order valence-electron chi connectivity index (χ2n) is 14.5. The molecule has 0 unspecified atom stereocenters. The number of aliphatic imine (C=N–C) groups is 2.